The molecule has 1 aliphatic heterocycles. The summed E-state index contributed by atoms with van der Waals surface area (Å²) in [6.07, 6.45) is 0. The molecule has 1 heterocycles. The number of fused-ring (bicyclic) bond motifs is 1. The summed E-state index contributed by atoms with van der Waals surface area (Å²) in [7, 11) is 1.45. The Bertz CT molecular complexity index is 764. The van der Waals surface area contributed by atoms with E-state index >= 15 is 0 Å². The van der Waals surface area contributed by atoms with E-state index in [0.29, 0.717) is 30.4 Å². The maximum Gasteiger partial charge on any atom is 0.321 e. The number of amides is 3. The van der Waals surface area contributed by atoms with Gasteiger partial charge >= 0.3 is 6.03 Å². The molecule has 1 aliphatic rings. The van der Waals surface area contributed by atoms with Crippen molar-refractivity contribution < 1.29 is 19.1 Å². The zero-order valence-electron chi connectivity index (χ0n) is 13.7. The standard InChI is InChI=1S/C18H19N3O4/c1-19-18(23)21-17(22)16(12-5-3-2-4-6-12)20-13-7-8-14-15(11-13)25-10-9-24-14/h2-8,11,16,20H,9-10H2,1H3,(H2,19,21,22,23). The highest BCUT2D eigenvalue weighted by atomic mass is 16.6. The Kier molecular flexibility index (Phi) is 5.03. The molecule has 0 radical (unpaired) electrons. The number of ether oxygens (including phenoxy) is 2. The number of benzene rings is 2. The molecule has 1 unspecified atom stereocenters. The highest BCUT2D eigenvalue weighted by Crippen LogP contribution is 2.33. The Labute approximate surface area is 145 Å². The Morgan fingerprint density at radius 1 is 1.00 bits per heavy atom. The summed E-state index contributed by atoms with van der Waals surface area (Å²) in [6.45, 7) is 0.997. The highest BCUT2D eigenvalue weighted by Gasteiger charge is 2.23. The minimum Gasteiger partial charge on any atom is -0.486 e. The fourth-order valence-corrected chi connectivity index (χ4v) is 2.49. The third-order valence-electron chi connectivity index (χ3n) is 3.71. The molecule has 2 aromatic carbocycles. The number of hydrogen-bond acceptors (Lipinski definition) is 5. The van der Waals surface area contributed by atoms with Crippen molar-refractivity contribution >= 4 is 17.6 Å². The molecule has 0 aromatic heterocycles. The number of anilines is 1. The molecular formula is C18H19N3O4. The Hall–Kier alpha value is -3.22. The second kappa shape index (κ2) is 7.57. The average Bonchev–Trinajstić information content (AvgIpc) is 2.66. The van der Waals surface area contributed by atoms with Crippen LogP contribution in [0.2, 0.25) is 0 Å². The summed E-state index contributed by atoms with van der Waals surface area (Å²) in [4.78, 5) is 24.0. The molecule has 0 saturated carbocycles. The lowest BCUT2D eigenvalue weighted by atomic mass is 10.1. The van der Waals surface area contributed by atoms with Gasteiger partial charge in [0.15, 0.2) is 11.5 Å². The summed E-state index contributed by atoms with van der Waals surface area (Å²) >= 11 is 0. The SMILES string of the molecule is CNC(=O)NC(=O)C(Nc1ccc2c(c1)OCCO2)c1ccccc1. The normalized spacial score (nSPS) is 13.5. The van der Waals surface area contributed by atoms with E-state index in [1.54, 1.807) is 18.2 Å². The quantitative estimate of drug-likeness (QED) is 0.792. The Morgan fingerprint density at radius 2 is 1.72 bits per heavy atom. The fraction of sp³-hybridized carbons (Fsp3) is 0.222. The van der Waals surface area contributed by atoms with Gasteiger partial charge in [-0.3, -0.25) is 10.1 Å². The predicted molar refractivity (Wildman–Crippen MR) is 92.8 cm³/mol. The third kappa shape index (κ3) is 4.00. The average molecular weight is 341 g/mol. The van der Waals surface area contributed by atoms with Gasteiger partial charge in [-0.15, -0.1) is 0 Å². The van der Waals surface area contributed by atoms with Gasteiger partial charge < -0.3 is 20.1 Å². The molecule has 0 bridgehead atoms. The van der Waals surface area contributed by atoms with Crippen LogP contribution in [0.25, 0.3) is 0 Å². The van der Waals surface area contributed by atoms with E-state index in [0.717, 1.165) is 5.56 Å². The summed E-state index contributed by atoms with van der Waals surface area (Å²) in [5.41, 5.74) is 1.42. The Balaban J connectivity index is 1.84. The lowest BCUT2D eigenvalue weighted by molar-refractivity contribution is -0.120. The molecule has 3 amide bonds. The molecule has 7 heteroatoms. The van der Waals surface area contributed by atoms with Gasteiger partial charge in [-0.2, -0.15) is 0 Å². The van der Waals surface area contributed by atoms with E-state index in [9.17, 15) is 9.59 Å². The van der Waals surface area contributed by atoms with Crippen molar-refractivity contribution in [3.05, 3.63) is 54.1 Å². The number of imide groups is 1. The van der Waals surface area contributed by atoms with E-state index in [1.165, 1.54) is 7.05 Å². The first kappa shape index (κ1) is 16.6. The van der Waals surface area contributed by atoms with Crippen LogP contribution in [0.5, 0.6) is 11.5 Å². The maximum absolute atomic E-state index is 12.5. The van der Waals surface area contributed by atoms with Crippen LogP contribution in [-0.2, 0) is 4.79 Å². The molecule has 3 N–H and O–H groups in total. The van der Waals surface area contributed by atoms with Gasteiger partial charge in [-0.25, -0.2) is 4.79 Å². The molecular weight excluding hydrogens is 322 g/mol. The molecule has 0 aliphatic carbocycles. The van der Waals surface area contributed by atoms with E-state index in [-0.39, 0.29) is 0 Å². The van der Waals surface area contributed by atoms with Crippen LogP contribution in [0, 0.1) is 0 Å². The number of rotatable bonds is 4. The van der Waals surface area contributed by atoms with Crippen LogP contribution in [0.1, 0.15) is 11.6 Å². The van der Waals surface area contributed by atoms with Crippen LogP contribution in [-0.4, -0.2) is 32.2 Å². The molecule has 25 heavy (non-hydrogen) atoms. The highest BCUT2D eigenvalue weighted by molar-refractivity contribution is 5.98. The molecule has 7 nitrogen and oxygen atoms in total. The van der Waals surface area contributed by atoms with Crippen molar-refractivity contribution in [3.8, 4) is 11.5 Å². The van der Waals surface area contributed by atoms with Crippen LogP contribution in [0.3, 0.4) is 0 Å². The van der Waals surface area contributed by atoms with E-state index < -0.39 is 18.0 Å². The number of carbonyl (C=O) groups excluding carboxylic acids is 2. The molecule has 3 rings (SSSR count). The first-order valence-electron chi connectivity index (χ1n) is 7.91. The van der Waals surface area contributed by atoms with Crippen molar-refractivity contribution in [1.82, 2.24) is 10.6 Å². The summed E-state index contributed by atoms with van der Waals surface area (Å²) in [5.74, 6) is 0.832. The van der Waals surface area contributed by atoms with Gasteiger partial charge in [0.25, 0.3) is 5.91 Å². The summed E-state index contributed by atoms with van der Waals surface area (Å²) in [5, 5.41) is 7.82. The van der Waals surface area contributed by atoms with Crippen LogP contribution >= 0.6 is 0 Å². The number of carbonyl (C=O) groups is 2. The lowest BCUT2D eigenvalue weighted by Gasteiger charge is -2.22. The lowest BCUT2D eigenvalue weighted by Crippen LogP contribution is -2.42. The van der Waals surface area contributed by atoms with E-state index in [1.807, 2.05) is 30.3 Å². The first-order chi connectivity index (χ1) is 12.2. The largest absolute Gasteiger partial charge is 0.486 e. The van der Waals surface area contributed by atoms with E-state index in [4.69, 9.17) is 9.47 Å². The molecule has 2 aromatic rings. The third-order valence-corrected chi connectivity index (χ3v) is 3.71. The van der Waals surface area contributed by atoms with Gasteiger partial charge in [-0.05, 0) is 17.7 Å². The zero-order chi connectivity index (χ0) is 17.6. The van der Waals surface area contributed by atoms with Gasteiger partial charge in [0.05, 0.1) is 0 Å². The van der Waals surface area contributed by atoms with Crippen molar-refractivity contribution in [2.45, 2.75) is 6.04 Å². The molecule has 0 spiro atoms. The maximum atomic E-state index is 12.5. The predicted octanol–water partition coefficient (Wildman–Crippen LogP) is 2.07. The fourth-order valence-electron chi connectivity index (χ4n) is 2.49. The number of hydrogen-bond donors (Lipinski definition) is 3. The van der Waals surface area contributed by atoms with Crippen molar-refractivity contribution in [3.63, 3.8) is 0 Å². The zero-order valence-corrected chi connectivity index (χ0v) is 13.7. The van der Waals surface area contributed by atoms with Crippen LogP contribution < -0.4 is 25.4 Å². The van der Waals surface area contributed by atoms with Gasteiger partial charge in [0, 0.05) is 18.8 Å². The first-order valence-corrected chi connectivity index (χ1v) is 7.91. The summed E-state index contributed by atoms with van der Waals surface area (Å²) < 4.78 is 11.1. The second-order valence-corrected chi connectivity index (χ2v) is 5.41. The van der Waals surface area contributed by atoms with Crippen LogP contribution in [0.4, 0.5) is 10.5 Å². The molecule has 1 atom stereocenters. The van der Waals surface area contributed by atoms with Crippen molar-refractivity contribution in [2.24, 2.45) is 0 Å². The minimum atomic E-state index is -0.735. The van der Waals surface area contributed by atoms with Gasteiger partial charge in [0.2, 0.25) is 0 Å². The second-order valence-electron chi connectivity index (χ2n) is 5.41. The van der Waals surface area contributed by atoms with Crippen molar-refractivity contribution in [2.75, 3.05) is 25.6 Å². The van der Waals surface area contributed by atoms with Crippen molar-refractivity contribution in [1.29, 1.82) is 0 Å². The van der Waals surface area contributed by atoms with Gasteiger partial charge in [-0.1, -0.05) is 30.3 Å². The molecule has 130 valence electrons. The van der Waals surface area contributed by atoms with Gasteiger partial charge in [0.1, 0.15) is 19.3 Å². The van der Waals surface area contributed by atoms with E-state index in [2.05, 4.69) is 16.0 Å². The monoisotopic (exact) mass is 341 g/mol. The smallest absolute Gasteiger partial charge is 0.321 e. The Morgan fingerprint density at radius 3 is 2.44 bits per heavy atom. The number of nitrogens with one attached hydrogen (secondary N) is 3. The van der Waals surface area contributed by atoms with Crippen LogP contribution in [0.15, 0.2) is 48.5 Å². The summed E-state index contributed by atoms with van der Waals surface area (Å²) in [6, 6.07) is 13.2. The minimum absolute atomic E-state index is 0.458. The topological polar surface area (TPSA) is 88.7 Å². The molecule has 0 fully saturated rings. The molecule has 0 saturated heterocycles. The number of urea groups is 1.